The van der Waals surface area contributed by atoms with Gasteiger partial charge in [0.2, 0.25) is 5.91 Å². The Kier molecular flexibility index (Phi) is 4.14. The number of carbonyl (C=O) groups excluding carboxylic acids is 2. The number of nitrogens with one attached hydrogen (secondary N) is 1. The van der Waals surface area contributed by atoms with Gasteiger partial charge in [0.05, 0.1) is 0 Å². The molecule has 0 aliphatic rings. The van der Waals surface area contributed by atoms with E-state index >= 15 is 0 Å². The second-order valence-corrected chi connectivity index (χ2v) is 2.17. The zero-order chi connectivity index (χ0) is 8.15. The first-order chi connectivity index (χ1) is 4.57. The SMILES string of the molecule is NC(=O)C(Cl)NC(=O)CCl. The van der Waals surface area contributed by atoms with E-state index in [-0.39, 0.29) is 5.88 Å². The van der Waals surface area contributed by atoms with Crippen LogP contribution in [-0.2, 0) is 9.59 Å². The summed E-state index contributed by atoms with van der Waals surface area (Å²) < 4.78 is 0. The fourth-order valence-electron chi connectivity index (χ4n) is 0.251. The first-order valence-corrected chi connectivity index (χ1v) is 3.33. The maximum Gasteiger partial charge on any atom is 0.255 e. The van der Waals surface area contributed by atoms with Gasteiger partial charge < -0.3 is 11.1 Å². The summed E-state index contributed by atoms with van der Waals surface area (Å²) in [6.07, 6.45) is 0. The first-order valence-electron chi connectivity index (χ1n) is 2.36. The fourth-order valence-corrected chi connectivity index (χ4v) is 0.450. The van der Waals surface area contributed by atoms with Crippen molar-refractivity contribution in [1.82, 2.24) is 5.32 Å². The molecule has 0 aromatic heterocycles. The summed E-state index contributed by atoms with van der Waals surface area (Å²) >= 11 is 10.3. The van der Waals surface area contributed by atoms with Crippen LogP contribution in [0.1, 0.15) is 0 Å². The smallest absolute Gasteiger partial charge is 0.255 e. The molecular weight excluding hydrogens is 179 g/mol. The van der Waals surface area contributed by atoms with Crippen LogP contribution in [-0.4, -0.2) is 23.2 Å². The third kappa shape index (κ3) is 3.53. The number of hydrogen-bond donors (Lipinski definition) is 2. The van der Waals surface area contributed by atoms with Crippen molar-refractivity contribution in [3.05, 3.63) is 0 Å². The Labute approximate surface area is 67.7 Å². The zero-order valence-corrected chi connectivity index (χ0v) is 6.45. The van der Waals surface area contributed by atoms with Gasteiger partial charge in [-0.2, -0.15) is 0 Å². The van der Waals surface area contributed by atoms with Crippen molar-refractivity contribution in [3.8, 4) is 0 Å². The van der Waals surface area contributed by atoms with Crippen LogP contribution in [0.15, 0.2) is 0 Å². The van der Waals surface area contributed by atoms with Gasteiger partial charge in [0.1, 0.15) is 5.88 Å². The van der Waals surface area contributed by atoms with Crippen LogP contribution in [0.2, 0.25) is 0 Å². The van der Waals surface area contributed by atoms with Crippen molar-refractivity contribution in [2.75, 3.05) is 5.88 Å². The van der Waals surface area contributed by atoms with E-state index in [1.807, 2.05) is 5.32 Å². The molecule has 0 aromatic carbocycles. The molecule has 10 heavy (non-hydrogen) atoms. The predicted octanol–water partition coefficient (Wildman–Crippen LogP) is -0.608. The molecule has 0 heterocycles. The molecule has 0 fully saturated rings. The molecule has 6 heteroatoms. The van der Waals surface area contributed by atoms with E-state index in [1.54, 1.807) is 0 Å². The minimum atomic E-state index is -1.17. The third-order valence-corrected chi connectivity index (χ3v) is 1.23. The Bertz CT molecular complexity index is 150. The summed E-state index contributed by atoms with van der Waals surface area (Å²) in [6.45, 7) is 0. The van der Waals surface area contributed by atoms with Crippen LogP contribution >= 0.6 is 23.2 Å². The van der Waals surface area contributed by atoms with Crippen molar-refractivity contribution in [3.63, 3.8) is 0 Å². The second kappa shape index (κ2) is 4.35. The molecule has 1 atom stereocenters. The van der Waals surface area contributed by atoms with Gasteiger partial charge in [-0.25, -0.2) is 0 Å². The number of hydrogen-bond acceptors (Lipinski definition) is 2. The second-order valence-electron chi connectivity index (χ2n) is 1.47. The van der Waals surface area contributed by atoms with Crippen molar-refractivity contribution < 1.29 is 9.59 Å². The lowest BCUT2D eigenvalue weighted by Gasteiger charge is -2.04. The van der Waals surface area contributed by atoms with E-state index in [0.717, 1.165) is 0 Å². The van der Waals surface area contributed by atoms with Crippen LogP contribution in [0.4, 0.5) is 0 Å². The van der Waals surface area contributed by atoms with E-state index in [0.29, 0.717) is 0 Å². The van der Waals surface area contributed by atoms with E-state index in [2.05, 4.69) is 0 Å². The Morgan fingerprint density at radius 1 is 1.60 bits per heavy atom. The standard InChI is InChI=1S/C4H6Cl2N2O2/c5-1-2(9)8-3(6)4(7)10/h3H,1H2,(H2,7,10)(H,8,9). The molecule has 0 saturated heterocycles. The highest BCUT2D eigenvalue weighted by Gasteiger charge is 2.12. The quantitative estimate of drug-likeness (QED) is 0.454. The molecule has 3 N–H and O–H groups in total. The lowest BCUT2D eigenvalue weighted by Crippen LogP contribution is -2.40. The van der Waals surface area contributed by atoms with Gasteiger partial charge in [-0.15, -0.1) is 11.6 Å². The van der Waals surface area contributed by atoms with Crippen LogP contribution in [0.25, 0.3) is 0 Å². The van der Waals surface area contributed by atoms with Gasteiger partial charge in [0.15, 0.2) is 5.50 Å². The van der Waals surface area contributed by atoms with Crippen LogP contribution in [0, 0.1) is 0 Å². The van der Waals surface area contributed by atoms with Crippen LogP contribution in [0.3, 0.4) is 0 Å². The summed E-state index contributed by atoms with van der Waals surface area (Å²) in [4.78, 5) is 20.6. The highest BCUT2D eigenvalue weighted by molar-refractivity contribution is 6.32. The molecule has 0 rings (SSSR count). The van der Waals surface area contributed by atoms with Gasteiger partial charge in [-0.3, -0.25) is 9.59 Å². The zero-order valence-electron chi connectivity index (χ0n) is 4.93. The van der Waals surface area contributed by atoms with E-state index in [1.165, 1.54) is 0 Å². The van der Waals surface area contributed by atoms with E-state index in [9.17, 15) is 9.59 Å². The number of primary amides is 1. The molecule has 0 aliphatic carbocycles. The van der Waals surface area contributed by atoms with Gasteiger partial charge in [0, 0.05) is 0 Å². The highest BCUT2D eigenvalue weighted by atomic mass is 35.5. The Morgan fingerprint density at radius 3 is 2.40 bits per heavy atom. The molecule has 0 saturated carbocycles. The minimum Gasteiger partial charge on any atom is -0.367 e. The summed E-state index contributed by atoms with van der Waals surface area (Å²) in [6, 6.07) is 0. The summed E-state index contributed by atoms with van der Waals surface area (Å²) in [5.41, 5.74) is 3.54. The molecule has 0 aliphatic heterocycles. The first kappa shape index (κ1) is 9.52. The maximum absolute atomic E-state index is 10.4. The Hall–Kier alpha value is -0.480. The molecule has 0 aromatic rings. The third-order valence-electron chi connectivity index (χ3n) is 0.659. The topological polar surface area (TPSA) is 72.2 Å². The van der Waals surface area contributed by atoms with Gasteiger partial charge >= 0.3 is 0 Å². The summed E-state index contributed by atoms with van der Waals surface area (Å²) in [7, 11) is 0. The number of amides is 2. The van der Waals surface area contributed by atoms with Gasteiger partial charge in [-0.1, -0.05) is 11.6 Å². The molecular formula is C4H6Cl2N2O2. The number of rotatable bonds is 3. The minimum absolute atomic E-state index is 0.240. The van der Waals surface area contributed by atoms with Gasteiger partial charge in [0.25, 0.3) is 5.91 Å². The van der Waals surface area contributed by atoms with E-state index < -0.39 is 17.3 Å². The summed E-state index contributed by atoms with van der Waals surface area (Å²) in [5, 5.41) is 2.05. The van der Waals surface area contributed by atoms with Crippen molar-refractivity contribution >= 4 is 35.0 Å². The monoisotopic (exact) mass is 184 g/mol. The normalized spacial score (nSPS) is 12.2. The number of nitrogens with two attached hydrogens (primary N) is 1. The number of carbonyl (C=O) groups is 2. The molecule has 1 unspecified atom stereocenters. The van der Waals surface area contributed by atoms with E-state index in [4.69, 9.17) is 28.9 Å². The molecule has 0 radical (unpaired) electrons. The Balaban J connectivity index is 3.68. The summed E-state index contributed by atoms with van der Waals surface area (Å²) in [5.74, 6) is -1.57. The van der Waals surface area contributed by atoms with Gasteiger partial charge in [-0.05, 0) is 0 Å². The fraction of sp³-hybridized carbons (Fsp3) is 0.500. The average Bonchev–Trinajstić information content (AvgIpc) is 1.87. The molecule has 2 amide bonds. The van der Waals surface area contributed by atoms with Crippen molar-refractivity contribution in [1.29, 1.82) is 0 Å². The average molecular weight is 185 g/mol. The molecule has 0 spiro atoms. The van der Waals surface area contributed by atoms with Crippen molar-refractivity contribution in [2.24, 2.45) is 5.73 Å². The number of halogens is 2. The van der Waals surface area contributed by atoms with Crippen LogP contribution < -0.4 is 11.1 Å². The molecule has 58 valence electrons. The largest absolute Gasteiger partial charge is 0.367 e. The highest BCUT2D eigenvalue weighted by Crippen LogP contribution is 1.88. The van der Waals surface area contributed by atoms with Crippen LogP contribution in [0.5, 0.6) is 0 Å². The Morgan fingerprint density at radius 2 is 2.10 bits per heavy atom. The maximum atomic E-state index is 10.4. The lowest BCUT2D eigenvalue weighted by atomic mass is 10.5. The number of alkyl halides is 2. The molecule has 4 nitrogen and oxygen atoms in total. The lowest BCUT2D eigenvalue weighted by molar-refractivity contribution is -0.124. The molecule has 0 bridgehead atoms. The predicted molar refractivity (Wildman–Crippen MR) is 37.7 cm³/mol. The van der Waals surface area contributed by atoms with Crippen molar-refractivity contribution in [2.45, 2.75) is 5.50 Å².